The first kappa shape index (κ1) is 12.7. The van der Waals surface area contributed by atoms with Crippen molar-refractivity contribution in [1.82, 2.24) is 0 Å². The van der Waals surface area contributed by atoms with Gasteiger partial charge in [0.1, 0.15) is 6.10 Å². The van der Waals surface area contributed by atoms with Crippen molar-refractivity contribution in [3.63, 3.8) is 0 Å². The summed E-state index contributed by atoms with van der Waals surface area (Å²) in [6.45, 7) is 3.32. The number of rotatable bonds is 4. The maximum Gasteiger partial charge on any atom is 0.253 e. The van der Waals surface area contributed by atoms with Gasteiger partial charge in [-0.05, 0) is 19.9 Å². The number of benzene rings is 1. The van der Waals surface area contributed by atoms with Crippen LogP contribution in [-0.2, 0) is 9.53 Å². The lowest BCUT2D eigenvalue weighted by Gasteiger charge is -2.15. The molecule has 4 nitrogen and oxygen atoms in total. The van der Waals surface area contributed by atoms with Gasteiger partial charge in [0.25, 0.3) is 5.91 Å². The van der Waals surface area contributed by atoms with Crippen LogP contribution in [0.4, 0.5) is 5.69 Å². The second kappa shape index (κ2) is 5.63. The number of amides is 1. The van der Waals surface area contributed by atoms with Crippen LogP contribution in [0.5, 0.6) is 0 Å². The fourth-order valence-corrected chi connectivity index (χ4v) is 1.32. The number of aliphatic hydroxyl groups is 1. The van der Waals surface area contributed by atoms with Crippen LogP contribution in [0.1, 0.15) is 25.5 Å². The molecule has 0 fully saturated rings. The van der Waals surface area contributed by atoms with Crippen molar-refractivity contribution in [2.24, 2.45) is 0 Å². The van der Waals surface area contributed by atoms with Gasteiger partial charge < -0.3 is 15.2 Å². The van der Waals surface area contributed by atoms with E-state index in [2.05, 4.69) is 5.32 Å². The number of carbonyl (C=O) groups is 1. The molecule has 0 radical (unpaired) electrons. The summed E-state index contributed by atoms with van der Waals surface area (Å²) in [6.07, 6.45) is -1.13. The summed E-state index contributed by atoms with van der Waals surface area (Å²) in [5, 5.41) is 12.2. The van der Waals surface area contributed by atoms with Gasteiger partial charge in [0.05, 0.1) is 6.10 Å². The molecule has 0 heterocycles. The number of methoxy groups -OCH3 is 1. The van der Waals surface area contributed by atoms with Crippen LogP contribution in [0.15, 0.2) is 24.3 Å². The van der Waals surface area contributed by atoms with E-state index in [4.69, 9.17) is 4.74 Å². The van der Waals surface area contributed by atoms with E-state index in [1.165, 1.54) is 7.11 Å². The molecule has 0 saturated carbocycles. The zero-order chi connectivity index (χ0) is 12.1. The van der Waals surface area contributed by atoms with E-state index in [1.807, 2.05) is 6.07 Å². The van der Waals surface area contributed by atoms with Crippen LogP contribution < -0.4 is 5.32 Å². The molecule has 0 aliphatic rings. The topological polar surface area (TPSA) is 58.6 Å². The van der Waals surface area contributed by atoms with Gasteiger partial charge >= 0.3 is 0 Å². The molecule has 88 valence electrons. The molecule has 0 aromatic heterocycles. The molecule has 2 unspecified atom stereocenters. The van der Waals surface area contributed by atoms with E-state index in [1.54, 1.807) is 32.0 Å². The van der Waals surface area contributed by atoms with Gasteiger partial charge in [-0.25, -0.2) is 0 Å². The number of ether oxygens (including phenoxy) is 1. The van der Waals surface area contributed by atoms with E-state index < -0.39 is 12.2 Å². The van der Waals surface area contributed by atoms with Crippen LogP contribution in [0.3, 0.4) is 0 Å². The molecular weight excluding hydrogens is 206 g/mol. The van der Waals surface area contributed by atoms with Gasteiger partial charge in [-0.3, -0.25) is 4.79 Å². The molecule has 1 aromatic rings. The van der Waals surface area contributed by atoms with Crippen molar-refractivity contribution in [2.75, 3.05) is 12.4 Å². The molecule has 2 N–H and O–H groups in total. The Bertz CT molecular complexity index is 363. The molecule has 1 aromatic carbocycles. The van der Waals surface area contributed by atoms with E-state index in [-0.39, 0.29) is 5.91 Å². The highest BCUT2D eigenvalue weighted by atomic mass is 16.5. The fraction of sp³-hybridized carbons (Fsp3) is 0.417. The molecule has 2 atom stereocenters. The predicted molar refractivity (Wildman–Crippen MR) is 62.2 cm³/mol. The lowest BCUT2D eigenvalue weighted by Crippen LogP contribution is -2.27. The number of anilines is 1. The Kier molecular flexibility index (Phi) is 4.46. The van der Waals surface area contributed by atoms with E-state index >= 15 is 0 Å². The van der Waals surface area contributed by atoms with Crippen LogP contribution in [0.2, 0.25) is 0 Å². The number of hydrogen-bond acceptors (Lipinski definition) is 3. The second-order valence-corrected chi connectivity index (χ2v) is 3.63. The fourth-order valence-electron chi connectivity index (χ4n) is 1.32. The SMILES string of the molecule is COC(C)C(=O)Nc1ccccc1C(C)O. The first-order chi connectivity index (χ1) is 7.56. The Balaban J connectivity index is 2.84. The molecule has 0 bridgehead atoms. The Morgan fingerprint density at radius 2 is 2.00 bits per heavy atom. The number of aliphatic hydroxyl groups excluding tert-OH is 1. The molecule has 0 saturated heterocycles. The molecule has 0 aliphatic heterocycles. The zero-order valence-corrected chi connectivity index (χ0v) is 9.73. The Morgan fingerprint density at radius 1 is 1.38 bits per heavy atom. The largest absolute Gasteiger partial charge is 0.389 e. The summed E-state index contributed by atoms with van der Waals surface area (Å²) in [5.41, 5.74) is 1.31. The highest BCUT2D eigenvalue weighted by Gasteiger charge is 2.14. The van der Waals surface area contributed by atoms with Gasteiger partial charge in [0, 0.05) is 18.4 Å². The van der Waals surface area contributed by atoms with E-state index in [0.29, 0.717) is 11.3 Å². The van der Waals surface area contributed by atoms with Crippen LogP contribution in [0.25, 0.3) is 0 Å². The summed E-state index contributed by atoms with van der Waals surface area (Å²) >= 11 is 0. The van der Waals surface area contributed by atoms with E-state index in [0.717, 1.165) is 0 Å². The van der Waals surface area contributed by atoms with Crippen LogP contribution in [-0.4, -0.2) is 24.2 Å². The molecule has 4 heteroatoms. The molecule has 1 rings (SSSR count). The molecule has 16 heavy (non-hydrogen) atoms. The van der Waals surface area contributed by atoms with Crippen LogP contribution >= 0.6 is 0 Å². The average molecular weight is 223 g/mol. The molecule has 1 amide bonds. The van der Waals surface area contributed by atoms with Gasteiger partial charge in [-0.2, -0.15) is 0 Å². The number of hydrogen-bond donors (Lipinski definition) is 2. The van der Waals surface area contributed by atoms with Crippen molar-refractivity contribution < 1.29 is 14.6 Å². The van der Waals surface area contributed by atoms with E-state index in [9.17, 15) is 9.90 Å². The number of carbonyl (C=O) groups excluding carboxylic acids is 1. The standard InChI is InChI=1S/C12H17NO3/c1-8(14)10-6-4-5-7-11(10)13-12(15)9(2)16-3/h4-9,14H,1-3H3,(H,13,15). The lowest BCUT2D eigenvalue weighted by atomic mass is 10.1. The van der Waals surface area contributed by atoms with Crippen molar-refractivity contribution >= 4 is 11.6 Å². The summed E-state index contributed by atoms with van der Waals surface area (Å²) in [5.74, 6) is -0.226. The number of nitrogens with one attached hydrogen (secondary N) is 1. The average Bonchev–Trinajstić information content (AvgIpc) is 2.28. The first-order valence-corrected chi connectivity index (χ1v) is 5.17. The Hall–Kier alpha value is -1.39. The van der Waals surface area contributed by atoms with Crippen LogP contribution in [0, 0.1) is 0 Å². The first-order valence-electron chi connectivity index (χ1n) is 5.17. The third-order valence-corrected chi connectivity index (χ3v) is 2.39. The number of para-hydroxylation sites is 1. The summed E-state index contributed by atoms with van der Waals surface area (Å²) < 4.78 is 4.91. The third-order valence-electron chi connectivity index (χ3n) is 2.39. The lowest BCUT2D eigenvalue weighted by molar-refractivity contribution is -0.124. The van der Waals surface area contributed by atoms with Gasteiger partial charge in [-0.1, -0.05) is 18.2 Å². The maximum absolute atomic E-state index is 11.6. The minimum Gasteiger partial charge on any atom is -0.389 e. The van der Waals surface area contributed by atoms with Crippen molar-refractivity contribution in [3.05, 3.63) is 29.8 Å². The smallest absolute Gasteiger partial charge is 0.253 e. The Labute approximate surface area is 95.2 Å². The summed E-state index contributed by atoms with van der Waals surface area (Å²) in [6, 6.07) is 7.15. The normalized spacial score (nSPS) is 14.2. The quantitative estimate of drug-likeness (QED) is 0.817. The molecule has 0 aliphatic carbocycles. The van der Waals surface area contributed by atoms with Crippen molar-refractivity contribution in [3.8, 4) is 0 Å². The highest BCUT2D eigenvalue weighted by molar-refractivity contribution is 5.94. The minimum absolute atomic E-state index is 0.226. The Morgan fingerprint density at radius 3 is 2.56 bits per heavy atom. The third kappa shape index (κ3) is 3.05. The predicted octanol–water partition coefficient (Wildman–Crippen LogP) is 1.71. The maximum atomic E-state index is 11.6. The van der Waals surface area contributed by atoms with Gasteiger partial charge in [0.15, 0.2) is 0 Å². The second-order valence-electron chi connectivity index (χ2n) is 3.63. The summed E-state index contributed by atoms with van der Waals surface area (Å²) in [7, 11) is 1.48. The van der Waals surface area contributed by atoms with Crippen molar-refractivity contribution in [1.29, 1.82) is 0 Å². The van der Waals surface area contributed by atoms with Crippen molar-refractivity contribution in [2.45, 2.75) is 26.1 Å². The monoisotopic (exact) mass is 223 g/mol. The molecular formula is C12H17NO3. The minimum atomic E-state index is -0.616. The highest BCUT2D eigenvalue weighted by Crippen LogP contribution is 2.22. The van der Waals surface area contributed by atoms with Gasteiger partial charge in [-0.15, -0.1) is 0 Å². The van der Waals surface area contributed by atoms with Gasteiger partial charge in [0.2, 0.25) is 0 Å². The summed E-state index contributed by atoms with van der Waals surface area (Å²) in [4.78, 5) is 11.6. The molecule has 0 spiro atoms. The zero-order valence-electron chi connectivity index (χ0n) is 9.73.